The topological polar surface area (TPSA) is 81.9 Å². The molecular weight excluding hydrogens is 215 g/mol. The van der Waals surface area contributed by atoms with Crippen molar-refractivity contribution in [2.75, 3.05) is 0 Å². The second kappa shape index (κ2) is 5.50. The molecule has 0 amide bonds. The predicted molar refractivity (Wildman–Crippen MR) is 55.0 cm³/mol. The Balaban J connectivity index is 0.00000128. The van der Waals surface area contributed by atoms with Gasteiger partial charge in [0.15, 0.2) is 0 Å². The molecule has 2 rings (SSSR count). The fourth-order valence-corrected chi connectivity index (χ4v) is 1.62. The minimum atomic E-state index is -1.22. The summed E-state index contributed by atoms with van der Waals surface area (Å²) >= 11 is 0. The fraction of sp³-hybridized carbons (Fsp3) is 0.182. The summed E-state index contributed by atoms with van der Waals surface area (Å²) in [6, 6.07) is 6.74. The van der Waals surface area contributed by atoms with E-state index in [4.69, 9.17) is 5.73 Å². The molecule has 0 saturated carbocycles. The quantitative estimate of drug-likeness (QED) is 0.540. The van der Waals surface area contributed by atoms with Gasteiger partial charge in [-0.1, -0.05) is 18.2 Å². The van der Waals surface area contributed by atoms with Crippen molar-refractivity contribution in [3.8, 4) is 0 Å². The zero-order valence-corrected chi connectivity index (χ0v) is 11.1. The molecule has 0 spiro atoms. The number of hydrogen-bond donors (Lipinski definition) is 2. The summed E-state index contributed by atoms with van der Waals surface area (Å²) in [5, 5.41) is 11.5. The monoisotopic (exact) mass is 226 g/mol. The van der Waals surface area contributed by atoms with E-state index in [1.165, 1.54) is 0 Å². The number of fused-ring (bicyclic) bond motifs is 1. The average molecular weight is 226 g/mol. The first-order valence-electron chi connectivity index (χ1n) is 4.70. The van der Waals surface area contributed by atoms with Crippen molar-refractivity contribution >= 4 is 16.9 Å². The molecule has 78 valence electrons. The van der Waals surface area contributed by atoms with Crippen molar-refractivity contribution in [1.82, 2.24) is 4.98 Å². The van der Waals surface area contributed by atoms with Crippen LogP contribution in [0, 0.1) is 0 Å². The third-order valence-electron chi connectivity index (χ3n) is 2.42. The van der Waals surface area contributed by atoms with E-state index in [1.54, 1.807) is 6.20 Å². The van der Waals surface area contributed by atoms with Crippen LogP contribution in [0.3, 0.4) is 0 Å². The number of carbonyl (C=O) groups excluding carboxylic acids is 1. The maximum absolute atomic E-state index is 10.5. The van der Waals surface area contributed by atoms with E-state index >= 15 is 0 Å². The molecule has 0 unspecified atom stereocenters. The van der Waals surface area contributed by atoms with Gasteiger partial charge in [0.1, 0.15) is 0 Å². The number of aromatic nitrogens is 1. The van der Waals surface area contributed by atoms with E-state index in [-0.39, 0.29) is 36.0 Å². The van der Waals surface area contributed by atoms with Gasteiger partial charge in [0.05, 0.1) is 5.97 Å². The maximum atomic E-state index is 10.5. The second-order valence-electron chi connectivity index (χ2n) is 3.49. The predicted octanol–water partition coefficient (Wildman–Crippen LogP) is -3.21. The summed E-state index contributed by atoms with van der Waals surface area (Å²) in [5.41, 5.74) is 7.31. The van der Waals surface area contributed by atoms with Gasteiger partial charge in [0, 0.05) is 23.1 Å². The molecule has 1 heterocycles. The van der Waals surface area contributed by atoms with Crippen molar-refractivity contribution in [2.45, 2.75) is 12.5 Å². The number of nitrogens with one attached hydrogen (secondary N) is 1. The van der Waals surface area contributed by atoms with Gasteiger partial charge in [0.25, 0.3) is 0 Å². The summed E-state index contributed by atoms with van der Waals surface area (Å²) in [7, 11) is 0. The number of carboxylic acids is 1. The molecule has 16 heavy (non-hydrogen) atoms. The molecule has 2 aromatic rings. The standard InChI is InChI=1S/C11H12N2O2.Na/c12-9(11(14)15)5-7-6-13-10-4-2-1-3-8(7)10;/h1-4,6,9,13H,5,12H2,(H,14,15);/q;+1/p-1/t9-;/m1./s1. The van der Waals surface area contributed by atoms with Gasteiger partial charge in [-0.05, 0) is 18.1 Å². The van der Waals surface area contributed by atoms with E-state index in [2.05, 4.69) is 4.98 Å². The number of benzene rings is 1. The Labute approximate surface area is 115 Å². The molecule has 0 radical (unpaired) electrons. The molecule has 3 N–H and O–H groups in total. The number of hydrogen-bond acceptors (Lipinski definition) is 3. The van der Waals surface area contributed by atoms with Crippen LogP contribution < -0.4 is 40.4 Å². The number of nitrogens with two attached hydrogens (primary N) is 1. The molecule has 1 aromatic heterocycles. The Morgan fingerprint density at radius 1 is 1.44 bits per heavy atom. The minimum absolute atomic E-state index is 0. The molecule has 0 aliphatic carbocycles. The molecule has 0 aliphatic heterocycles. The van der Waals surface area contributed by atoms with E-state index < -0.39 is 12.0 Å². The second-order valence-corrected chi connectivity index (χ2v) is 3.49. The van der Waals surface area contributed by atoms with Crippen molar-refractivity contribution < 1.29 is 39.5 Å². The Bertz CT molecular complexity index is 495. The summed E-state index contributed by atoms with van der Waals surface area (Å²) in [6.07, 6.45) is 2.07. The smallest absolute Gasteiger partial charge is 0.548 e. The number of aliphatic carboxylic acids is 1. The molecule has 1 aromatic carbocycles. The Kier molecular flexibility index (Phi) is 4.56. The number of carboxylic acid groups (broad SMARTS) is 1. The molecule has 0 saturated heterocycles. The molecular formula is C11H11N2NaO2. The van der Waals surface area contributed by atoms with Crippen LogP contribution in [0.4, 0.5) is 0 Å². The summed E-state index contributed by atoms with van der Waals surface area (Å²) in [5.74, 6) is -1.22. The number of rotatable bonds is 3. The van der Waals surface area contributed by atoms with Crippen LogP contribution in [-0.4, -0.2) is 17.0 Å². The molecule has 0 fully saturated rings. The average Bonchev–Trinajstić information content (AvgIpc) is 2.62. The third-order valence-corrected chi connectivity index (χ3v) is 2.42. The number of aromatic amines is 1. The van der Waals surface area contributed by atoms with Crippen molar-refractivity contribution in [3.05, 3.63) is 36.0 Å². The molecule has 0 aliphatic rings. The van der Waals surface area contributed by atoms with Crippen LogP contribution in [0.5, 0.6) is 0 Å². The van der Waals surface area contributed by atoms with E-state index in [9.17, 15) is 9.90 Å². The van der Waals surface area contributed by atoms with Gasteiger partial charge >= 0.3 is 29.6 Å². The van der Waals surface area contributed by atoms with Crippen LogP contribution in [0.2, 0.25) is 0 Å². The van der Waals surface area contributed by atoms with E-state index in [1.807, 2.05) is 24.3 Å². The maximum Gasteiger partial charge on any atom is 1.00 e. The van der Waals surface area contributed by atoms with Gasteiger partial charge in [-0.25, -0.2) is 0 Å². The molecule has 1 atom stereocenters. The van der Waals surface area contributed by atoms with Crippen molar-refractivity contribution in [3.63, 3.8) is 0 Å². The molecule has 5 heteroatoms. The summed E-state index contributed by atoms with van der Waals surface area (Å²) in [4.78, 5) is 13.6. The first-order chi connectivity index (χ1) is 7.18. The first-order valence-corrected chi connectivity index (χ1v) is 4.70. The number of H-pyrrole nitrogens is 1. The Morgan fingerprint density at radius 2 is 2.12 bits per heavy atom. The van der Waals surface area contributed by atoms with Gasteiger partial charge in [-0.15, -0.1) is 0 Å². The zero-order valence-electron chi connectivity index (χ0n) is 9.07. The van der Waals surface area contributed by atoms with Crippen LogP contribution in [0.15, 0.2) is 30.5 Å². The summed E-state index contributed by atoms with van der Waals surface area (Å²) < 4.78 is 0. The Morgan fingerprint density at radius 3 is 2.81 bits per heavy atom. The minimum Gasteiger partial charge on any atom is -0.548 e. The van der Waals surface area contributed by atoms with Crippen LogP contribution in [-0.2, 0) is 11.2 Å². The largest absolute Gasteiger partial charge is 1.00 e. The fourth-order valence-electron chi connectivity index (χ4n) is 1.62. The normalized spacial score (nSPS) is 12.1. The van der Waals surface area contributed by atoms with Crippen LogP contribution in [0.25, 0.3) is 10.9 Å². The van der Waals surface area contributed by atoms with Crippen LogP contribution in [0.1, 0.15) is 5.56 Å². The van der Waals surface area contributed by atoms with Gasteiger partial charge < -0.3 is 20.6 Å². The van der Waals surface area contributed by atoms with Crippen molar-refractivity contribution in [2.24, 2.45) is 5.73 Å². The molecule has 4 nitrogen and oxygen atoms in total. The van der Waals surface area contributed by atoms with Crippen molar-refractivity contribution in [1.29, 1.82) is 0 Å². The van der Waals surface area contributed by atoms with Gasteiger partial charge in [-0.2, -0.15) is 0 Å². The summed E-state index contributed by atoms with van der Waals surface area (Å²) in [6.45, 7) is 0. The Hall–Kier alpha value is -0.810. The third kappa shape index (κ3) is 2.65. The molecule has 0 bridgehead atoms. The van der Waals surface area contributed by atoms with Crippen LogP contribution >= 0.6 is 0 Å². The number of para-hydroxylation sites is 1. The number of carbonyl (C=O) groups is 1. The first kappa shape index (κ1) is 13.3. The SMILES string of the molecule is N[C@H](Cc1c[nH]c2ccccc12)C(=O)[O-].[Na+]. The van der Waals surface area contributed by atoms with Gasteiger partial charge in [-0.3, -0.25) is 0 Å². The van der Waals surface area contributed by atoms with E-state index in [0.717, 1.165) is 16.5 Å². The van der Waals surface area contributed by atoms with E-state index in [0.29, 0.717) is 0 Å². The zero-order chi connectivity index (χ0) is 10.8. The van der Waals surface area contributed by atoms with Gasteiger partial charge in [0.2, 0.25) is 0 Å².